The van der Waals surface area contributed by atoms with Crippen LogP contribution in [-0.4, -0.2) is 56.7 Å². The number of likely N-dealkylation sites (N-methyl/N-ethyl adjacent to an activating group) is 1. The third kappa shape index (κ3) is 31.4. The molecule has 0 aromatic heterocycles. The minimum Gasteiger partial charge on any atom is -1.00 e. The lowest BCUT2D eigenvalue weighted by Crippen LogP contribution is -3.00. The Bertz CT molecular complexity index is 700. The van der Waals surface area contributed by atoms with Gasteiger partial charge >= 0.3 is 5.97 Å². The number of nitrogens with one attached hydrogen (secondary N) is 1. The van der Waals surface area contributed by atoms with Crippen molar-refractivity contribution in [2.45, 2.75) is 150 Å². The van der Waals surface area contributed by atoms with Gasteiger partial charge in [-0.15, -0.1) is 0 Å². The van der Waals surface area contributed by atoms with Gasteiger partial charge in [0.2, 0.25) is 5.91 Å². The Kier molecular flexibility index (Phi) is 29.3. The van der Waals surface area contributed by atoms with Crippen LogP contribution in [0.25, 0.3) is 0 Å². The second-order valence-corrected chi connectivity index (χ2v) is 12.8. The number of rotatable bonds is 27. The number of esters is 1. The summed E-state index contributed by atoms with van der Waals surface area (Å²) in [5, 5.41) is 3.05. The summed E-state index contributed by atoms with van der Waals surface area (Å²) in [6.07, 6.45) is 27.8. The maximum Gasteiger partial charge on any atom is 0.362 e. The zero-order chi connectivity index (χ0) is 29.9. The lowest BCUT2D eigenvalue weighted by Gasteiger charge is -2.28. The average Bonchev–Trinajstić information content (AvgIpc) is 2.88. The molecule has 0 heterocycles. The van der Waals surface area contributed by atoms with Crippen molar-refractivity contribution in [3.63, 3.8) is 0 Å². The Hall–Kier alpha value is -1.33. The summed E-state index contributed by atoms with van der Waals surface area (Å²) >= 11 is 0. The zero-order valence-electron chi connectivity index (χ0n) is 28.0. The molecular weight excluding hydrogens is 532 g/mol. The summed E-state index contributed by atoms with van der Waals surface area (Å²) in [5.74, 6) is -0.0123. The molecule has 0 atom stereocenters. The van der Waals surface area contributed by atoms with Crippen LogP contribution >= 0.6 is 0 Å². The molecule has 1 amide bonds. The van der Waals surface area contributed by atoms with Crippen LogP contribution < -0.4 is 17.7 Å². The van der Waals surface area contributed by atoms with Gasteiger partial charge in [0.15, 0.2) is 6.54 Å². The molecule has 0 aromatic carbocycles. The highest BCUT2D eigenvalue weighted by atomic mass is 35.5. The second kappa shape index (κ2) is 28.8. The molecule has 0 saturated heterocycles. The quantitative estimate of drug-likeness (QED) is 0.0540. The molecule has 0 aliphatic rings. The van der Waals surface area contributed by atoms with E-state index in [4.69, 9.17) is 4.74 Å². The van der Waals surface area contributed by atoms with Crippen LogP contribution in [0.15, 0.2) is 23.3 Å². The van der Waals surface area contributed by atoms with E-state index in [9.17, 15) is 9.59 Å². The van der Waals surface area contributed by atoms with Gasteiger partial charge in [-0.2, -0.15) is 0 Å². The average molecular weight is 599 g/mol. The molecule has 1 N–H and O–H groups in total. The lowest BCUT2D eigenvalue weighted by molar-refractivity contribution is -0.883. The number of quaternary nitrogens is 1. The molecule has 0 saturated carbocycles. The Morgan fingerprint density at radius 2 is 1.22 bits per heavy atom. The predicted octanol–water partition coefficient (Wildman–Crippen LogP) is 6.07. The van der Waals surface area contributed by atoms with Gasteiger partial charge in [-0.1, -0.05) is 114 Å². The van der Waals surface area contributed by atoms with Crippen molar-refractivity contribution >= 4 is 11.9 Å². The molecule has 0 unspecified atom stereocenters. The van der Waals surface area contributed by atoms with Gasteiger partial charge in [-0.25, -0.2) is 4.79 Å². The molecule has 0 radical (unpaired) electrons. The molecule has 0 aromatic rings. The van der Waals surface area contributed by atoms with Gasteiger partial charge in [-0.3, -0.25) is 4.79 Å². The monoisotopic (exact) mass is 598 g/mol. The number of allylic oxidation sites excluding steroid dienone is 3. The van der Waals surface area contributed by atoms with Crippen LogP contribution in [0.5, 0.6) is 0 Å². The number of carbonyl (C=O) groups excluding carboxylic acids is 2. The van der Waals surface area contributed by atoms with Crippen molar-refractivity contribution in [2.24, 2.45) is 0 Å². The van der Waals surface area contributed by atoms with Crippen molar-refractivity contribution in [3.8, 4) is 0 Å². The lowest BCUT2D eigenvalue weighted by atomic mass is 10.0. The third-order valence-electron chi connectivity index (χ3n) is 7.59. The molecule has 0 fully saturated rings. The highest BCUT2D eigenvalue weighted by Crippen LogP contribution is 2.14. The summed E-state index contributed by atoms with van der Waals surface area (Å²) in [7, 11) is 4.08. The minimum absolute atomic E-state index is 0. The first-order chi connectivity index (χ1) is 19.2. The molecule has 5 nitrogen and oxygen atoms in total. The Morgan fingerprint density at radius 3 is 1.73 bits per heavy atom. The molecular formula is C35H67ClN2O3. The molecule has 0 rings (SSSR count). The topological polar surface area (TPSA) is 55.4 Å². The van der Waals surface area contributed by atoms with Gasteiger partial charge in [0.1, 0.15) is 6.61 Å². The summed E-state index contributed by atoms with van der Waals surface area (Å²) in [6.45, 7) is 10.8. The number of amides is 1. The fraction of sp³-hybridized carbons (Fsp3) is 0.829. The van der Waals surface area contributed by atoms with Crippen molar-refractivity contribution < 1.29 is 31.2 Å². The number of hydrogen-bond acceptors (Lipinski definition) is 3. The van der Waals surface area contributed by atoms with E-state index in [1.54, 1.807) is 0 Å². The number of unbranched alkanes of at least 4 members (excludes halogenated alkanes) is 14. The van der Waals surface area contributed by atoms with E-state index >= 15 is 0 Å². The summed E-state index contributed by atoms with van der Waals surface area (Å²) in [4.78, 5) is 24.4. The summed E-state index contributed by atoms with van der Waals surface area (Å²) < 4.78 is 5.99. The number of nitrogens with zero attached hydrogens (tertiary/aromatic N) is 1. The largest absolute Gasteiger partial charge is 1.00 e. The van der Waals surface area contributed by atoms with E-state index < -0.39 is 0 Å². The summed E-state index contributed by atoms with van der Waals surface area (Å²) in [6, 6.07) is 0. The van der Waals surface area contributed by atoms with E-state index in [-0.39, 0.29) is 24.3 Å². The van der Waals surface area contributed by atoms with Crippen LogP contribution in [0, 0.1) is 0 Å². The smallest absolute Gasteiger partial charge is 0.362 e. The molecule has 0 spiro atoms. The fourth-order valence-electron chi connectivity index (χ4n) is 4.92. The molecule has 0 aliphatic carbocycles. The Morgan fingerprint density at radius 1 is 0.707 bits per heavy atom. The van der Waals surface area contributed by atoms with E-state index in [0.29, 0.717) is 30.6 Å². The standard InChI is InChI=1S/C35H66N2O3.ClH/c1-7-8-9-10-11-12-13-14-15-16-17-18-19-20-21-26-34(38)36-28-23-29-37(5,6)31-35(39)40-30-27-33(4)25-22-24-32(2)3;/h24,27H,7-23,25-26,28-31H2,1-6H3;1H/b33-27+;. The van der Waals surface area contributed by atoms with Gasteiger partial charge in [0, 0.05) is 19.4 Å². The van der Waals surface area contributed by atoms with Gasteiger partial charge in [0.25, 0.3) is 0 Å². The van der Waals surface area contributed by atoms with E-state index in [0.717, 1.165) is 38.6 Å². The Balaban J connectivity index is 0. The molecule has 6 heteroatoms. The SMILES string of the molecule is CCCCCCCCCCCCCCCCCC(=O)NCCC[N+](C)(C)CC(=O)OC/C=C(\C)CCC=C(C)C.[Cl-]. The van der Waals surface area contributed by atoms with Crippen molar-refractivity contribution in [3.05, 3.63) is 23.3 Å². The molecule has 242 valence electrons. The maximum atomic E-state index is 12.3. The maximum absolute atomic E-state index is 12.3. The van der Waals surface area contributed by atoms with E-state index in [1.165, 1.54) is 94.6 Å². The number of hydrogen-bond donors (Lipinski definition) is 1. The first-order valence-electron chi connectivity index (χ1n) is 16.7. The predicted molar refractivity (Wildman–Crippen MR) is 172 cm³/mol. The highest BCUT2D eigenvalue weighted by molar-refractivity contribution is 5.75. The van der Waals surface area contributed by atoms with Gasteiger partial charge in [0.05, 0.1) is 20.6 Å². The zero-order valence-corrected chi connectivity index (χ0v) is 28.7. The van der Waals surface area contributed by atoms with Crippen molar-refractivity contribution in [1.82, 2.24) is 5.32 Å². The molecule has 41 heavy (non-hydrogen) atoms. The first-order valence-corrected chi connectivity index (χ1v) is 16.7. The van der Waals surface area contributed by atoms with Crippen molar-refractivity contribution in [1.29, 1.82) is 0 Å². The highest BCUT2D eigenvalue weighted by Gasteiger charge is 2.20. The van der Waals surface area contributed by atoms with Gasteiger partial charge in [-0.05, 0) is 46.1 Å². The van der Waals surface area contributed by atoms with Crippen molar-refractivity contribution in [2.75, 3.05) is 40.3 Å². The Labute approximate surface area is 261 Å². The van der Waals surface area contributed by atoms with E-state index in [1.807, 2.05) is 20.2 Å². The molecule has 0 aliphatic heterocycles. The second-order valence-electron chi connectivity index (χ2n) is 12.8. The van der Waals surface area contributed by atoms with Crippen LogP contribution in [-0.2, 0) is 14.3 Å². The first kappa shape index (κ1) is 41.8. The van der Waals surface area contributed by atoms with Crippen LogP contribution in [0.1, 0.15) is 150 Å². The summed E-state index contributed by atoms with van der Waals surface area (Å²) in [5.41, 5.74) is 2.58. The van der Waals surface area contributed by atoms with E-state index in [2.05, 4.69) is 39.1 Å². The number of carbonyl (C=O) groups is 2. The minimum atomic E-state index is -0.171. The normalized spacial score (nSPS) is 11.6. The number of halogens is 1. The van der Waals surface area contributed by atoms with Crippen LogP contribution in [0.3, 0.4) is 0 Å². The number of ether oxygens (including phenoxy) is 1. The fourth-order valence-corrected chi connectivity index (χ4v) is 4.92. The molecule has 0 bridgehead atoms. The van der Waals surface area contributed by atoms with Crippen LogP contribution in [0.4, 0.5) is 0 Å². The van der Waals surface area contributed by atoms with Crippen LogP contribution in [0.2, 0.25) is 0 Å². The third-order valence-corrected chi connectivity index (χ3v) is 7.59. The van der Waals surface area contributed by atoms with Gasteiger partial charge < -0.3 is 26.9 Å².